The average Bonchev–Trinajstić information content (AvgIpc) is 1.31. The Kier molecular flexibility index (Phi) is 113. The van der Waals surface area contributed by atoms with Gasteiger partial charge in [0.15, 0.2) is 11.6 Å². The summed E-state index contributed by atoms with van der Waals surface area (Å²) in [6.07, 6.45) is 4.42. The first-order valence-corrected chi connectivity index (χ1v) is 36.3. The number of carboxylic acids is 1. The van der Waals surface area contributed by atoms with E-state index in [1.165, 1.54) is 6.92 Å². The van der Waals surface area contributed by atoms with Gasteiger partial charge in [-0.1, -0.05) is 47.1 Å². The second kappa shape index (κ2) is 106. The maximum atomic E-state index is 11.2. The molecule has 7 N–H and O–H groups in total. The van der Waals surface area contributed by atoms with Crippen LogP contribution in [0.25, 0.3) is 41.8 Å². The van der Waals surface area contributed by atoms with Crippen molar-refractivity contribution in [1.29, 1.82) is 0 Å². The van der Waals surface area contributed by atoms with Crippen molar-refractivity contribution in [3.8, 4) is 0 Å². The minimum absolute atomic E-state index is 0. The highest BCUT2D eigenvalue weighted by molar-refractivity contribution is 7.86. The molecule has 624 valence electrons. The molecule has 42 heteroatoms. The van der Waals surface area contributed by atoms with Gasteiger partial charge in [-0.2, -0.15) is 8.42 Å². The monoisotopic (exact) mass is 1560 g/mol. The Hall–Kier alpha value is -5.70. The Bertz CT molecular complexity index is 2220. The average molecular weight is 1560 g/mol. The van der Waals surface area contributed by atoms with Gasteiger partial charge in [0.2, 0.25) is 0 Å². The maximum absolute atomic E-state index is 11.2. The van der Waals surface area contributed by atoms with Crippen LogP contribution in [0.5, 0.6) is 0 Å². The van der Waals surface area contributed by atoms with Gasteiger partial charge in [0.05, 0.1) is 244 Å². The van der Waals surface area contributed by atoms with Gasteiger partial charge < -0.3 is 112 Å². The Balaban J connectivity index is -0.000000181. The molecule has 0 atom stereocenters. The van der Waals surface area contributed by atoms with E-state index in [0.29, 0.717) is 294 Å². The molecular formula is C64H130N14O27S. The number of aliphatic carboxylic acids is 1. The number of ketones is 2. The molecular weight excluding hydrogens is 1430 g/mol. The van der Waals surface area contributed by atoms with Crippen LogP contribution in [0.1, 0.15) is 61.2 Å². The number of ether oxygens (including phenoxy) is 18. The number of carbonyl (C=O) groups excluding carboxylic acids is 2. The number of hydrogen-bond donors (Lipinski definition) is 5. The molecule has 0 amide bonds. The molecule has 0 unspecified atom stereocenters. The highest BCUT2D eigenvalue weighted by atomic mass is 32.2. The molecule has 0 fully saturated rings. The van der Waals surface area contributed by atoms with Crippen LogP contribution < -0.4 is 11.5 Å². The third kappa shape index (κ3) is 131. The van der Waals surface area contributed by atoms with Gasteiger partial charge in [0.25, 0.3) is 10.1 Å². The van der Waals surface area contributed by atoms with Crippen molar-refractivity contribution in [2.75, 3.05) is 303 Å². The minimum atomic E-state index is -3.36. The molecule has 0 aliphatic carbocycles. The SMILES string of the molecule is C=C(C)C(=O)CCCOCCOCCOCCN.C=C(C)C(=O)CCCOCCOCCOCCN=[N+]=[N-].C=C(C)C(=O)O.CCCOCCOCCOCCOS(C)(=O)=O.OCCOCCOCCOCCO.[2HH].[N-]=[N+]=NCCOCCOCCOCCN.[N-]=[N+]=NCCOCCOCCOCCN=[N+]=[N-]. The third-order valence-electron chi connectivity index (χ3n) is 10.6. The van der Waals surface area contributed by atoms with Gasteiger partial charge in [0, 0.05) is 98.6 Å². The number of hydrogen-bond acceptors (Lipinski definition) is 32. The fourth-order valence-corrected chi connectivity index (χ4v) is 6.00. The molecule has 0 bridgehead atoms. The van der Waals surface area contributed by atoms with E-state index in [1.807, 2.05) is 6.92 Å². The summed E-state index contributed by atoms with van der Waals surface area (Å²) in [4.78, 5) is 42.4. The predicted molar refractivity (Wildman–Crippen MR) is 397 cm³/mol. The fourth-order valence-electron chi connectivity index (χ4n) is 5.63. The molecule has 0 spiro atoms. The van der Waals surface area contributed by atoms with E-state index in [2.05, 4.69) is 64.0 Å². The minimum Gasteiger partial charge on any atom is -0.478 e. The van der Waals surface area contributed by atoms with Crippen molar-refractivity contribution in [3.05, 3.63) is 78.2 Å². The quantitative estimate of drug-likeness (QED) is 0.0125. The molecule has 0 radical (unpaired) electrons. The Morgan fingerprint density at radius 1 is 0.358 bits per heavy atom. The number of Topliss-reactive ketones (excluding diaryl/α,β-unsaturated/α-hetero) is 2. The lowest BCUT2D eigenvalue weighted by atomic mass is 10.1. The van der Waals surface area contributed by atoms with Crippen LogP contribution in [0.15, 0.2) is 56.9 Å². The van der Waals surface area contributed by atoms with Crippen LogP contribution in [0.3, 0.4) is 0 Å². The van der Waals surface area contributed by atoms with Gasteiger partial charge in [-0.25, -0.2) is 4.79 Å². The Morgan fingerprint density at radius 2 is 0.557 bits per heavy atom. The highest BCUT2D eigenvalue weighted by Crippen LogP contribution is 2.01. The standard InChI is InChI=1S/C13H23N3O4.C13H25NO4.C10H22O6S.C8H16N6O3.C8H18N4O3.C8H18O5.C4H6O2.H2/c1-12(2)13(17)4-3-6-18-8-10-20-11-9-19-7-5-15-16-14;1-12(2)13(15)4-3-6-16-8-10-18-11-9-17-7-5-14;1-3-4-13-5-6-14-7-8-15-9-10-16-17(2,11)12;9-13-11-1-3-15-5-7-17-8-6-16-4-2-12-14-10;9-1-3-13-5-7-15-8-6-14-4-2-11-12-10;9-1-3-11-5-7-13-8-6-12-4-2-10;1-3(2)4(5)6;/h1,3-11H2,2H3;1,3-11,14H2,2H3;3-10H2,1-2H3;1-8H2;1-9H2;9-10H,1-8H2;1H2,2H3,(H,5,6);1H/i;;;;;;;1+1. The van der Waals surface area contributed by atoms with Gasteiger partial charge in [-0.15, -0.1) is 0 Å². The van der Waals surface area contributed by atoms with E-state index in [1.54, 1.807) is 13.8 Å². The van der Waals surface area contributed by atoms with Crippen LogP contribution in [0.2, 0.25) is 0 Å². The zero-order valence-corrected chi connectivity index (χ0v) is 64.4. The molecule has 0 heterocycles. The zero-order valence-electron chi connectivity index (χ0n) is 63.5. The molecule has 0 aromatic carbocycles. The number of aliphatic hydroxyl groups is 2. The zero-order chi connectivity index (χ0) is 80.4. The van der Waals surface area contributed by atoms with Crippen LogP contribution in [0.4, 0.5) is 0 Å². The van der Waals surface area contributed by atoms with Crippen LogP contribution >= 0.6 is 0 Å². The lowest BCUT2D eigenvalue weighted by Crippen LogP contribution is -2.13. The Morgan fingerprint density at radius 3 is 0.745 bits per heavy atom. The van der Waals surface area contributed by atoms with Gasteiger partial charge in [-0.05, 0) is 73.3 Å². The van der Waals surface area contributed by atoms with E-state index in [0.717, 1.165) is 25.7 Å². The molecule has 106 heavy (non-hydrogen) atoms. The summed E-state index contributed by atoms with van der Waals surface area (Å²) in [7, 11) is -3.36. The summed E-state index contributed by atoms with van der Waals surface area (Å²) < 4.78 is 118. The first-order chi connectivity index (χ1) is 51.3. The number of carboxylic acid groups (broad SMARTS) is 1. The van der Waals surface area contributed by atoms with Crippen molar-refractivity contribution in [2.45, 2.75) is 59.8 Å². The van der Waals surface area contributed by atoms with Crippen LogP contribution in [-0.2, 0) is 114 Å². The van der Waals surface area contributed by atoms with Crippen molar-refractivity contribution in [3.63, 3.8) is 0 Å². The van der Waals surface area contributed by atoms with E-state index in [4.69, 9.17) is 134 Å². The number of nitrogens with zero attached hydrogens (tertiary/aromatic N) is 12. The molecule has 0 saturated heterocycles. The lowest BCUT2D eigenvalue weighted by Gasteiger charge is -2.06. The van der Waals surface area contributed by atoms with Gasteiger partial charge in [0.1, 0.15) is 0 Å². The van der Waals surface area contributed by atoms with E-state index in [9.17, 15) is 22.8 Å². The summed E-state index contributed by atoms with van der Waals surface area (Å²) >= 11 is 0. The smallest absolute Gasteiger partial charge is 0.330 e. The number of aliphatic hydroxyl groups excluding tert-OH is 2. The number of azide groups is 4. The topological polar surface area (TPSA) is 568 Å². The molecule has 41 nitrogen and oxygen atoms in total. The van der Waals surface area contributed by atoms with Gasteiger partial charge >= 0.3 is 5.97 Å². The van der Waals surface area contributed by atoms with Crippen molar-refractivity contribution in [1.82, 2.24) is 0 Å². The second-order valence-corrected chi connectivity index (χ2v) is 21.7. The first-order valence-electron chi connectivity index (χ1n) is 34.5. The molecule has 0 aliphatic heterocycles. The largest absolute Gasteiger partial charge is 0.478 e. The summed E-state index contributed by atoms with van der Waals surface area (Å²) in [6.45, 7) is 37.5. The Labute approximate surface area is 627 Å². The summed E-state index contributed by atoms with van der Waals surface area (Å²) in [5.41, 5.74) is 43.8. The second-order valence-electron chi connectivity index (χ2n) is 20.1. The maximum Gasteiger partial charge on any atom is 0.330 e. The summed E-state index contributed by atoms with van der Waals surface area (Å²) in [5, 5.41) is 37.9. The third-order valence-corrected chi connectivity index (χ3v) is 11.2. The van der Waals surface area contributed by atoms with E-state index in [-0.39, 0.29) is 45.0 Å². The predicted octanol–water partition coefficient (Wildman–Crippen LogP) is 5.49. The summed E-state index contributed by atoms with van der Waals surface area (Å²) in [6, 6.07) is 0. The summed E-state index contributed by atoms with van der Waals surface area (Å²) in [5.74, 6) is -0.746. The number of allylic oxidation sites excluding steroid dienone is 2. The normalized spacial score (nSPS) is 10.2. The number of rotatable bonds is 73. The number of carbonyl (C=O) groups is 3. The first kappa shape index (κ1) is 114. The molecule has 0 aromatic rings. The highest BCUT2D eigenvalue weighted by Gasteiger charge is 2.04. The molecule has 0 aromatic heterocycles. The molecule has 0 rings (SSSR count). The van der Waals surface area contributed by atoms with Crippen LogP contribution in [0, 0.1) is 0 Å². The number of nitrogens with two attached hydrogens (primary N) is 2. The lowest BCUT2D eigenvalue weighted by molar-refractivity contribution is -0.132. The fraction of sp³-hybridized carbons (Fsp3) is 0.859. The van der Waals surface area contributed by atoms with Crippen LogP contribution in [-0.4, -0.2) is 344 Å². The molecule has 0 aliphatic rings. The van der Waals surface area contributed by atoms with Crippen molar-refractivity contribution in [2.24, 2.45) is 31.9 Å². The van der Waals surface area contributed by atoms with Crippen molar-refractivity contribution < 1.29 is 129 Å². The molecule has 0 saturated carbocycles. The van der Waals surface area contributed by atoms with E-state index >= 15 is 0 Å². The van der Waals surface area contributed by atoms with Crippen molar-refractivity contribution >= 4 is 27.7 Å². The van der Waals surface area contributed by atoms with Gasteiger partial charge in [-0.3, -0.25) is 13.8 Å². The van der Waals surface area contributed by atoms with E-state index < -0.39 is 16.1 Å².